The highest BCUT2D eigenvalue weighted by molar-refractivity contribution is 5.84. The first-order valence-corrected chi connectivity index (χ1v) is 8.88. The van der Waals surface area contributed by atoms with E-state index in [1.807, 2.05) is 4.90 Å². The molecule has 0 unspecified atom stereocenters. The molecule has 0 aliphatic carbocycles. The lowest BCUT2D eigenvalue weighted by molar-refractivity contribution is -0.136. The summed E-state index contributed by atoms with van der Waals surface area (Å²) >= 11 is 0. The summed E-state index contributed by atoms with van der Waals surface area (Å²) in [6.45, 7) is 1.49. The van der Waals surface area contributed by atoms with E-state index in [1.165, 1.54) is 0 Å². The van der Waals surface area contributed by atoms with E-state index in [1.54, 1.807) is 9.47 Å². The Morgan fingerprint density at radius 2 is 1.89 bits per heavy atom. The summed E-state index contributed by atoms with van der Waals surface area (Å²) in [5.41, 5.74) is 0.564. The number of likely N-dealkylation sites (tertiary alicyclic amines) is 1. The van der Waals surface area contributed by atoms with Crippen molar-refractivity contribution >= 4 is 22.9 Å². The fourth-order valence-electron chi connectivity index (χ4n) is 3.55. The molecular weight excluding hydrogens is 359 g/mol. The molecule has 0 saturated carbocycles. The number of amides is 1. The highest BCUT2D eigenvalue weighted by atomic mass is 19.2. The smallest absolute Gasteiger partial charge is 0.242 e. The van der Waals surface area contributed by atoms with Crippen molar-refractivity contribution in [2.75, 3.05) is 31.1 Å². The van der Waals surface area contributed by atoms with E-state index in [4.69, 9.17) is 5.26 Å². The number of benzene rings is 1. The number of aromatic nitrogens is 2. The zero-order chi connectivity index (χ0) is 19.1. The lowest BCUT2D eigenvalue weighted by atomic mass is 10.0. The molecule has 0 radical (unpaired) electrons. The van der Waals surface area contributed by atoms with Crippen molar-refractivity contribution in [2.45, 2.75) is 25.6 Å². The number of anilines is 1. The Labute approximate surface area is 153 Å². The molecule has 1 aromatic carbocycles. The Morgan fingerprint density at radius 3 is 2.56 bits per heavy atom. The van der Waals surface area contributed by atoms with Crippen molar-refractivity contribution in [3.05, 3.63) is 23.8 Å². The normalized spacial score (nSPS) is 18.6. The number of rotatable bonds is 3. The number of imidazole rings is 1. The lowest BCUT2D eigenvalue weighted by Crippen LogP contribution is -2.50. The van der Waals surface area contributed by atoms with E-state index in [0.29, 0.717) is 50.5 Å². The third-order valence-electron chi connectivity index (χ3n) is 5.19. The van der Waals surface area contributed by atoms with Gasteiger partial charge in [-0.15, -0.1) is 0 Å². The van der Waals surface area contributed by atoms with E-state index in [2.05, 4.69) is 11.1 Å². The quantitative estimate of drug-likeness (QED) is 0.823. The molecule has 2 aliphatic rings. The van der Waals surface area contributed by atoms with Gasteiger partial charge in [0.2, 0.25) is 11.9 Å². The highest BCUT2D eigenvalue weighted by Gasteiger charge is 2.32. The minimum Gasteiger partial charge on any atom is -0.342 e. The van der Waals surface area contributed by atoms with E-state index in [9.17, 15) is 18.0 Å². The maximum atomic E-state index is 13.8. The van der Waals surface area contributed by atoms with Crippen LogP contribution in [0.4, 0.5) is 19.1 Å². The predicted molar refractivity (Wildman–Crippen MR) is 91.7 cm³/mol. The van der Waals surface area contributed by atoms with Crippen LogP contribution in [-0.2, 0) is 11.3 Å². The maximum Gasteiger partial charge on any atom is 0.242 e. The summed E-state index contributed by atoms with van der Waals surface area (Å²) < 4.78 is 42.5. The number of nitriles is 1. The van der Waals surface area contributed by atoms with Crippen LogP contribution in [0, 0.1) is 28.9 Å². The van der Waals surface area contributed by atoms with Crippen LogP contribution in [0.25, 0.3) is 11.0 Å². The first-order valence-electron chi connectivity index (χ1n) is 8.88. The third kappa shape index (κ3) is 3.20. The standard InChI is InChI=1S/C18H18F3N5O/c19-12-1-3-24(4-2-12)18-23-15-5-13(20)14(21)6-16(15)26(18)10-17(27)25-8-11(7-22)9-25/h5-6,11-12H,1-4,8-10H2. The first kappa shape index (κ1) is 17.6. The number of nitrogens with zero attached hydrogens (tertiary/aromatic N) is 5. The molecule has 0 atom stereocenters. The van der Waals surface area contributed by atoms with Crippen LogP contribution < -0.4 is 4.90 Å². The van der Waals surface area contributed by atoms with Crippen molar-refractivity contribution in [3.8, 4) is 6.07 Å². The van der Waals surface area contributed by atoms with Crippen molar-refractivity contribution in [3.63, 3.8) is 0 Å². The van der Waals surface area contributed by atoms with Gasteiger partial charge in [0.25, 0.3) is 0 Å². The van der Waals surface area contributed by atoms with E-state index in [0.717, 1.165) is 12.1 Å². The SMILES string of the molecule is N#CC1CN(C(=O)Cn2c(N3CCC(F)CC3)nc3cc(F)c(F)cc32)C1. The number of alkyl halides is 1. The average Bonchev–Trinajstić information content (AvgIpc) is 2.93. The summed E-state index contributed by atoms with van der Waals surface area (Å²) in [4.78, 5) is 20.3. The molecule has 142 valence electrons. The number of carbonyl (C=O) groups is 1. The van der Waals surface area contributed by atoms with Crippen LogP contribution in [0.15, 0.2) is 12.1 Å². The first-order chi connectivity index (χ1) is 13.0. The van der Waals surface area contributed by atoms with E-state index in [-0.39, 0.29) is 23.9 Å². The monoisotopic (exact) mass is 377 g/mol. The van der Waals surface area contributed by atoms with Crippen LogP contribution >= 0.6 is 0 Å². The molecule has 4 rings (SSSR count). The zero-order valence-electron chi connectivity index (χ0n) is 14.5. The Kier molecular flexibility index (Phi) is 4.42. The molecule has 6 nitrogen and oxygen atoms in total. The molecule has 1 amide bonds. The molecule has 2 aliphatic heterocycles. The summed E-state index contributed by atoms with van der Waals surface area (Å²) in [7, 11) is 0. The van der Waals surface area contributed by atoms with Gasteiger partial charge >= 0.3 is 0 Å². The van der Waals surface area contributed by atoms with Crippen LogP contribution in [0.5, 0.6) is 0 Å². The molecule has 27 heavy (non-hydrogen) atoms. The molecule has 0 N–H and O–H groups in total. The largest absolute Gasteiger partial charge is 0.342 e. The van der Waals surface area contributed by atoms with Crippen LogP contribution in [0.2, 0.25) is 0 Å². The van der Waals surface area contributed by atoms with Gasteiger partial charge in [0, 0.05) is 38.3 Å². The summed E-state index contributed by atoms with van der Waals surface area (Å²) in [6.07, 6.45) is -0.189. The van der Waals surface area contributed by atoms with Gasteiger partial charge in [-0.2, -0.15) is 5.26 Å². The summed E-state index contributed by atoms with van der Waals surface area (Å²) in [5, 5.41) is 8.86. The Morgan fingerprint density at radius 1 is 1.22 bits per heavy atom. The van der Waals surface area contributed by atoms with Crippen molar-refractivity contribution in [1.82, 2.24) is 14.5 Å². The van der Waals surface area contributed by atoms with Gasteiger partial charge in [0.15, 0.2) is 11.6 Å². The van der Waals surface area contributed by atoms with Gasteiger partial charge in [-0.05, 0) is 12.8 Å². The van der Waals surface area contributed by atoms with Gasteiger partial charge in [0.1, 0.15) is 12.7 Å². The minimum atomic E-state index is -1.02. The molecule has 2 saturated heterocycles. The Hall–Kier alpha value is -2.76. The lowest BCUT2D eigenvalue weighted by Gasteiger charge is -2.36. The number of carbonyl (C=O) groups excluding carboxylic acids is 1. The van der Waals surface area contributed by atoms with E-state index < -0.39 is 17.8 Å². The predicted octanol–water partition coefficient (Wildman–Crippen LogP) is 2.23. The van der Waals surface area contributed by atoms with Gasteiger partial charge in [-0.1, -0.05) is 0 Å². The second-order valence-corrected chi connectivity index (χ2v) is 7.04. The maximum absolute atomic E-state index is 13.8. The van der Waals surface area contributed by atoms with Crippen LogP contribution in [-0.4, -0.2) is 52.7 Å². The topological polar surface area (TPSA) is 65.2 Å². The van der Waals surface area contributed by atoms with E-state index >= 15 is 0 Å². The highest BCUT2D eigenvalue weighted by Crippen LogP contribution is 2.28. The minimum absolute atomic E-state index is 0.0927. The van der Waals surface area contributed by atoms with Crippen molar-refractivity contribution in [1.29, 1.82) is 5.26 Å². The Balaban J connectivity index is 1.67. The molecule has 2 fully saturated rings. The van der Waals surface area contributed by atoms with Gasteiger partial charge in [-0.3, -0.25) is 4.79 Å². The number of halogens is 3. The molecule has 0 spiro atoms. The molecule has 3 heterocycles. The molecule has 0 bridgehead atoms. The second kappa shape index (κ2) is 6.76. The number of hydrogen-bond donors (Lipinski definition) is 0. The number of fused-ring (bicyclic) bond motifs is 1. The van der Waals surface area contributed by atoms with Crippen LogP contribution in [0.3, 0.4) is 0 Å². The zero-order valence-corrected chi connectivity index (χ0v) is 14.5. The van der Waals surface area contributed by atoms with Gasteiger partial charge < -0.3 is 14.4 Å². The van der Waals surface area contributed by atoms with Gasteiger partial charge in [-0.25, -0.2) is 18.2 Å². The van der Waals surface area contributed by atoms with Crippen molar-refractivity contribution < 1.29 is 18.0 Å². The summed E-state index contributed by atoms with van der Waals surface area (Å²) in [6, 6.07) is 4.15. The fraction of sp³-hybridized carbons (Fsp3) is 0.500. The average molecular weight is 377 g/mol. The van der Waals surface area contributed by atoms with Crippen LogP contribution in [0.1, 0.15) is 12.8 Å². The number of piperidine rings is 1. The summed E-state index contributed by atoms with van der Waals surface area (Å²) in [5.74, 6) is -1.99. The number of hydrogen-bond acceptors (Lipinski definition) is 4. The molecule has 9 heteroatoms. The third-order valence-corrected chi connectivity index (χ3v) is 5.19. The fourth-order valence-corrected chi connectivity index (χ4v) is 3.55. The molecular formula is C18H18F3N5O. The molecule has 2 aromatic rings. The second-order valence-electron chi connectivity index (χ2n) is 7.04. The van der Waals surface area contributed by atoms with Gasteiger partial charge in [0.05, 0.1) is 23.0 Å². The Bertz CT molecular complexity index is 923. The van der Waals surface area contributed by atoms with Crippen molar-refractivity contribution in [2.24, 2.45) is 5.92 Å². The molecule has 1 aromatic heterocycles.